The maximum Gasteiger partial charge on any atom is 0.255 e. The summed E-state index contributed by atoms with van der Waals surface area (Å²) in [5.41, 5.74) is 5.04. The minimum atomic E-state index is -0.500. The number of nitrogens with zero attached hydrogens (tertiary/aromatic N) is 3. The van der Waals surface area contributed by atoms with Gasteiger partial charge in [0.2, 0.25) is 11.1 Å². The van der Waals surface area contributed by atoms with E-state index in [9.17, 15) is 4.79 Å². The topological polar surface area (TPSA) is 90.3 Å². The number of fused-ring (bicyclic) bond motifs is 1. The van der Waals surface area contributed by atoms with Gasteiger partial charge in [0.25, 0.3) is 5.91 Å². The molecule has 8 nitrogen and oxygen atoms in total. The van der Waals surface area contributed by atoms with Crippen LogP contribution in [-0.4, -0.2) is 40.6 Å². The number of ether oxygens (including phenoxy) is 2. The summed E-state index contributed by atoms with van der Waals surface area (Å²) in [4.78, 5) is 18.4. The largest absolute Gasteiger partial charge is 0.493 e. The van der Waals surface area contributed by atoms with Gasteiger partial charge in [-0.2, -0.15) is 4.98 Å². The number of benzene rings is 2. The highest BCUT2D eigenvalue weighted by Gasteiger charge is 2.35. The molecule has 184 valence electrons. The van der Waals surface area contributed by atoms with Crippen molar-refractivity contribution in [3.05, 3.63) is 64.4 Å². The first-order chi connectivity index (χ1) is 16.9. The number of anilines is 2. The Morgan fingerprint density at radius 2 is 1.89 bits per heavy atom. The van der Waals surface area contributed by atoms with E-state index < -0.39 is 6.04 Å². The van der Waals surface area contributed by atoms with Crippen LogP contribution in [-0.2, 0) is 4.79 Å². The third-order valence-corrected chi connectivity index (χ3v) is 6.91. The van der Waals surface area contributed by atoms with Gasteiger partial charge < -0.3 is 20.1 Å². The number of allylic oxidation sites excluding steroid dienone is 1. The summed E-state index contributed by atoms with van der Waals surface area (Å²) < 4.78 is 12.8. The molecule has 9 heteroatoms. The fourth-order valence-electron chi connectivity index (χ4n) is 4.15. The number of carbonyl (C=O) groups is 1. The van der Waals surface area contributed by atoms with Crippen LogP contribution in [0.15, 0.2) is 52.8 Å². The monoisotopic (exact) mass is 493 g/mol. The number of aromatic nitrogens is 3. The van der Waals surface area contributed by atoms with Crippen molar-refractivity contribution >= 4 is 29.3 Å². The third kappa shape index (κ3) is 5.00. The molecular weight excluding hydrogens is 462 g/mol. The fourth-order valence-corrected chi connectivity index (χ4v) is 4.84. The number of rotatable bonds is 8. The highest BCUT2D eigenvalue weighted by Crippen LogP contribution is 2.39. The highest BCUT2D eigenvalue weighted by atomic mass is 32.2. The number of hydrogen-bond acceptors (Lipinski definition) is 7. The lowest BCUT2D eigenvalue weighted by Crippen LogP contribution is -2.31. The molecule has 0 bridgehead atoms. The Kier molecular flexibility index (Phi) is 7.35. The molecule has 1 unspecified atom stereocenters. The van der Waals surface area contributed by atoms with Crippen LogP contribution in [0.5, 0.6) is 11.5 Å². The van der Waals surface area contributed by atoms with Crippen LogP contribution in [0.4, 0.5) is 11.6 Å². The minimum Gasteiger partial charge on any atom is -0.493 e. The van der Waals surface area contributed by atoms with Crippen molar-refractivity contribution < 1.29 is 14.3 Å². The smallest absolute Gasteiger partial charge is 0.255 e. The lowest BCUT2D eigenvalue weighted by Gasteiger charge is -2.29. The van der Waals surface area contributed by atoms with Gasteiger partial charge in [-0.3, -0.25) is 4.79 Å². The molecule has 2 heterocycles. The maximum atomic E-state index is 13.7. The Morgan fingerprint density at radius 1 is 1.11 bits per heavy atom. The Bertz CT molecular complexity index is 1280. The molecule has 3 aromatic rings. The Labute approximate surface area is 210 Å². The van der Waals surface area contributed by atoms with E-state index >= 15 is 0 Å². The van der Waals surface area contributed by atoms with Gasteiger partial charge in [0.1, 0.15) is 6.04 Å². The first-order valence-corrected chi connectivity index (χ1v) is 12.5. The standard InChI is InChI=1S/C26H31N5O3S/c1-7-12-35-26-29-25-27-17(4)22(24(32)28-19-10-8-15(2)13-16(19)3)23(31(25)30-26)18-9-11-20(33-5)21(14-18)34-6/h8-11,13-14,23H,7,12H2,1-6H3,(H,28,32)(H,27,29,30). The second kappa shape index (κ2) is 10.4. The highest BCUT2D eigenvalue weighted by molar-refractivity contribution is 7.99. The molecule has 1 amide bonds. The van der Waals surface area contributed by atoms with Crippen molar-refractivity contribution in [3.63, 3.8) is 0 Å². The van der Waals surface area contributed by atoms with Gasteiger partial charge in [-0.25, -0.2) is 4.68 Å². The number of nitrogens with one attached hydrogen (secondary N) is 2. The second-order valence-electron chi connectivity index (χ2n) is 8.46. The first-order valence-electron chi connectivity index (χ1n) is 11.5. The molecule has 0 spiro atoms. The lowest BCUT2D eigenvalue weighted by molar-refractivity contribution is -0.113. The average Bonchev–Trinajstić information content (AvgIpc) is 3.25. The van der Waals surface area contributed by atoms with E-state index in [0.717, 1.165) is 40.2 Å². The Hall–Kier alpha value is -3.46. The summed E-state index contributed by atoms with van der Waals surface area (Å²) in [6, 6.07) is 11.1. The summed E-state index contributed by atoms with van der Waals surface area (Å²) in [5.74, 6) is 2.51. The van der Waals surface area contributed by atoms with Crippen LogP contribution in [0.1, 0.15) is 43.0 Å². The van der Waals surface area contributed by atoms with Crippen molar-refractivity contribution in [2.45, 2.75) is 45.3 Å². The van der Waals surface area contributed by atoms with E-state index in [1.54, 1.807) is 30.7 Å². The number of carbonyl (C=O) groups excluding carboxylic acids is 1. The van der Waals surface area contributed by atoms with E-state index in [1.165, 1.54) is 0 Å². The van der Waals surface area contributed by atoms with E-state index in [0.29, 0.717) is 28.2 Å². The van der Waals surface area contributed by atoms with Crippen molar-refractivity contribution in [2.75, 3.05) is 30.6 Å². The van der Waals surface area contributed by atoms with Crippen LogP contribution in [0.2, 0.25) is 0 Å². The zero-order valence-electron chi connectivity index (χ0n) is 20.9. The lowest BCUT2D eigenvalue weighted by atomic mass is 9.94. The van der Waals surface area contributed by atoms with Gasteiger partial charge in [-0.15, -0.1) is 5.10 Å². The van der Waals surface area contributed by atoms with Gasteiger partial charge in [-0.05, 0) is 56.5 Å². The third-order valence-electron chi connectivity index (χ3n) is 5.87. The van der Waals surface area contributed by atoms with Crippen LogP contribution >= 0.6 is 11.8 Å². The molecule has 1 aliphatic heterocycles. The molecule has 1 aliphatic rings. The summed E-state index contributed by atoms with van der Waals surface area (Å²) >= 11 is 1.59. The van der Waals surface area contributed by atoms with Crippen molar-refractivity contribution in [2.24, 2.45) is 0 Å². The average molecular weight is 494 g/mol. The van der Waals surface area contributed by atoms with Gasteiger partial charge >= 0.3 is 0 Å². The zero-order valence-corrected chi connectivity index (χ0v) is 21.7. The Balaban J connectivity index is 1.80. The first kappa shape index (κ1) is 24.7. The summed E-state index contributed by atoms with van der Waals surface area (Å²) in [6.07, 6.45) is 1.02. The molecule has 35 heavy (non-hydrogen) atoms. The molecular formula is C26H31N5O3S. The molecule has 4 rings (SSSR count). The van der Waals surface area contributed by atoms with Crippen LogP contribution < -0.4 is 20.1 Å². The predicted molar refractivity (Wildman–Crippen MR) is 140 cm³/mol. The molecule has 0 fully saturated rings. The molecule has 0 aliphatic carbocycles. The molecule has 2 N–H and O–H groups in total. The number of thioether (sulfide) groups is 1. The zero-order chi connectivity index (χ0) is 25.1. The van der Waals surface area contributed by atoms with Gasteiger partial charge in [0.05, 0.1) is 19.8 Å². The molecule has 2 aromatic carbocycles. The van der Waals surface area contributed by atoms with Gasteiger partial charge in [0, 0.05) is 17.1 Å². The van der Waals surface area contributed by atoms with E-state index in [1.807, 2.05) is 51.1 Å². The quantitative estimate of drug-likeness (QED) is 0.409. The SMILES string of the molecule is CCCSc1nc2n(n1)C(c1ccc(OC)c(OC)c1)C(C(=O)Nc1ccc(C)cc1C)=C(C)N2. The molecule has 0 saturated carbocycles. The van der Waals surface area contributed by atoms with Crippen LogP contribution in [0.3, 0.4) is 0 Å². The van der Waals surface area contributed by atoms with Gasteiger partial charge in [0.15, 0.2) is 11.5 Å². The van der Waals surface area contributed by atoms with Crippen molar-refractivity contribution in [3.8, 4) is 11.5 Å². The molecule has 1 atom stereocenters. The van der Waals surface area contributed by atoms with E-state index in [-0.39, 0.29) is 5.91 Å². The summed E-state index contributed by atoms with van der Waals surface area (Å²) in [5, 5.41) is 11.8. The minimum absolute atomic E-state index is 0.203. The van der Waals surface area contributed by atoms with Crippen LogP contribution in [0.25, 0.3) is 0 Å². The summed E-state index contributed by atoms with van der Waals surface area (Å²) in [7, 11) is 3.20. The Morgan fingerprint density at radius 3 is 2.57 bits per heavy atom. The summed E-state index contributed by atoms with van der Waals surface area (Å²) in [6.45, 7) is 8.03. The van der Waals surface area contributed by atoms with E-state index in [2.05, 4.69) is 28.6 Å². The van der Waals surface area contributed by atoms with Gasteiger partial charge in [-0.1, -0.05) is 42.4 Å². The number of hydrogen-bond donors (Lipinski definition) is 2. The fraction of sp³-hybridized carbons (Fsp3) is 0.346. The second-order valence-corrected chi connectivity index (χ2v) is 9.53. The van der Waals surface area contributed by atoms with Crippen molar-refractivity contribution in [1.82, 2.24) is 14.8 Å². The molecule has 1 aromatic heterocycles. The normalized spacial score (nSPS) is 14.9. The number of amides is 1. The van der Waals surface area contributed by atoms with E-state index in [4.69, 9.17) is 14.6 Å². The number of aryl methyl sites for hydroxylation is 2. The van der Waals surface area contributed by atoms with Crippen molar-refractivity contribution in [1.29, 1.82) is 0 Å². The molecule has 0 saturated heterocycles. The predicted octanol–water partition coefficient (Wildman–Crippen LogP) is 5.34. The molecule has 0 radical (unpaired) electrons. The van der Waals surface area contributed by atoms with Crippen LogP contribution in [0, 0.1) is 13.8 Å². The number of methoxy groups -OCH3 is 2. The maximum absolute atomic E-state index is 13.7.